The Morgan fingerprint density at radius 1 is 1.15 bits per heavy atom. The molecule has 8 heteroatoms. The number of benzene rings is 2. The van der Waals surface area contributed by atoms with Crippen molar-refractivity contribution in [2.24, 2.45) is 0 Å². The number of halogens is 3. The zero-order valence-corrected chi connectivity index (χ0v) is 14.2. The molecule has 0 saturated carbocycles. The van der Waals surface area contributed by atoms with Crippen molar-refractivity contribution in [2.75, 3.05) is 6.61 Å². The molecule has 0 bridgehead atoms. The lowest BCUT2D eigenvalue weighted by atomic mass is 10.0. The summed E-state index contributed by atoms with van der Waals surface area (Å²) in [5.41, 5.74) is 1.66. The van der Waals surface area contributed by atoms with Gasteiger partial charge < -0.3 is 9.47 Å². The number of nitrogens with zero attached hydrogens (tertiary/aromatic N) is 2. The maximum atomic E-state index is 12.6. The maximum Gasteiger partial charge on any atom is 0.573 e. The zero-order valence-electron chi connectivity index (χ0n) is 14.2. The van der Waals surface area contributed by atoms with Crippen molar-refractivity contribution in [3.8, 4) is 22.6 Å². The number of esters is 1. The number of carbonyl (C=O) groups excluding carboxylic acids is 1. The summed E-state index contributed by atoms with van der Waals surface area (Å²) in [4.78, 5) is 11.8. The second-order valence-corrected chi connectivity index (χ2v) is 5.49. The fraction of sp³-hybridized carbons (Fsp3) is 0.158. The zero-order chi connectivity index (χ0) is 19.4. The summed E-state index contributed by atoms with van der Waals surface area (Å²) in [5, 5.41) is 4.11. The summed E-state index contributed by atoms with van der Waals surface area (Å²) in [6.07, 6.45) is -1.93. The van der Waals surface area contributed by atoms with E-state index in [0.717, 1.165) is 0 Å². The summed E-state index contributed by atoms with van der Waals surface area (Å²) in [5.74, 6) is -0.793. The molecule has 0 aliphatic rings. The normalized spacial score (nSPS) is 11.3. The minimum Gasteiger partial charge on any atom is -0.462 e. The number of aromatic nitrogens is 2. The average Bonchev–Trinajstić information content (AvgIpc) is 3.11. The molecule has 27 heavy (non-hydrogen) atoms. The highest BCUT2D eigenvalue weighted by Crippen LogP contribution is 2.34. The van der Waals surface area contributed by atoms with E-state index in [2.05, 4.69) is 9.84 Å². The Morgan fingerprint density at radius 3 is 2.67 bits per heavy atom. The average molecular weight is 376 g/mol. The molecule has 5 nitrogen and oxygen atoms in total. The van der Waals surface area contributed by atoms with Gasteiger partial charge in [0.05, 0.1) is 24.1 Å². The third kappa shape index (κ3) is 4.46. The van der Waals surface area contributed by atoms with E-state index in [1.807, 2.05) is 0 Å². The Morgan fingerprint density at radius 2 is 1.93 bits per heavy atom. The number of hydrogen-bond donors (Lipinski definition) is 0. The smallest absolute Gasteiger partial charge is 0.462 e. The summed E-state index contributed by atoms with van der Waals surface area (Å²) < 4.78 is 48.4. The molecule has 0 aliphatic heterocycles. The van der Waals surface area contributed by atoms with Crippen LogP contribution in [-0.2, 0) is 4.74 Å². The van der Waals surface area contributed by atoms with Crippen LogP contribution in [0, 0.1) is 0 Å². The first kappa shape index (κ1) is 18.5. The SMILES string of the molecule is CCOC(=O)c1cnn(-c2cccc(-c3ccccc3OC(F)(F)F)c2)c1. The predicted octanol–water partition coefficient (Wildman–Crippen LogP) is 4.61. The highest BCUT2D eigenvalue weighted by atomic mass is 19.4. The topological polar surface area (TPSA) is 53.3 Å². The number of rotatable bonds is 5. The van der Waals surface area contributed by atoms with Crippen LogP contribution in [0.3, 0.4) is 0 Å². The van der Waals surface area contributed by atoms with Gasteiger partial charge in [-0.15, -0.1) is 13.2 Å². The van der Waals surface area contributed by atoms with Crippen LogP contribution >= 0.6 is 0 Å². The molecule has 3 aromatic rings. The van der Waals surface area contributed by atoms with Crippen molar-refractivity contribution in [1.82, 2.24) is 9.78 Å². The molecular weight excluding hydrogens is 361 g/mol. The van der Waals surface area contributed by atoms with Crippen LogP contribution in [0.5, 0.6) is 5.75 Å². The van der Waals surface area contributed by atoms with Crippen LogP contribution in [0.15, 0.2) is 60.9 Å². The van der Waals surface area contributed by atoms with Crippen molar-refractivity contribution in [3.63, 3.8) is 0 Å². The van der Waals surface area contributed by atoms with Crippen molar-refractivity contribution in [1.29, 1.82) is 0 Å². The molecule has 0 atom stereocenters. The lowest BCUT2D eigenvalue weighted by Crippen LogP contribution is -2.17. The first-order valence-electron chi connectivity index (χ1n) is 8.05. The van der Waals surface area contributed by atoms with E-state index in [1.165, 1.54) is 35.3 Å². The molecular formula is C19H15F3N2O3. The summed E-state index contributed by atoms with van der Waals surface area (Å²) in [6, 6.07) is 12.6. The van der Waals surface area contributed by atoms with Gasteiger partial charge in [-0.05, 0) is 30.7 Å². The van der Waals surface area contributed by atoms with Gasteiger partial charge in [0.25, 0.3) is 0 Å². The summed E-state index contributed by atoms with van der Waals surface area (Å²) in [6.45, 7) is 1.95. The molecule has 0 spiro atoms. The Bertz CT molecular complexity index is 951. The van der Waals surface area contributed by atoms with Gasteiger partial charge in [-0.2, -0.15) is 5.10 Å². The second-order valence-electron chi connectivity index (χ2n) is 5.49. The molecule has 140 valence electrons. The fourth-order valence-corrected chi connectivity index (χ4v) is 2.52. The van der Waals surface area contributed by atoms with Crippen LogP contribution in [0.25, 0.3) is 16.8 Å². The van der Waals surface area contributed by atoms with E-state index in [-0.39, 0.29) is 23.5 Å². The molecule has 0 unspecified atom stereocenters. The summed E-state index contributed by atoms with van der Waals surface area (Å²) >= 11 is 0. The van der Waals surface area contributed by atoms with Crippen LogP contribution in [0.1, 0.15) is 17.3 Å². The van der Waals surface area contributed by atoms with Crippen LogP contribution < -0.4 is 4.74 Å². The second kappa shape index (κ2) is 7.53. The first-order valence-corrected chi connectivity index (χ1v) is 8.05. The standard InChI is InChI=1S/C19H15F3N2O3/c1-2-26-18(25)14-11-23-24(12-14)15-7-5-6-13(10-15)16-8-3-4-9-17(16)27-19(20,21)22/h3-12H,2H2,1H3. The van der Waals surface area contributed by atoms with Gasteiger partial charge in [-0.25, -0.2) is 9.48 Å². The van der Waals surface area contributed by atoms with Gasteiger partial charge in [-0.1, -0.05) is 30.3 Å². The number of carbonyl (C=O) groups is 1. The number of ether oxygens (including phenoxy) is 2. The number of alkyl halides is 3. The van der Waals surface area contributed by atoms with Crippen LogP contribution in [0.2, 0.25) is 0 Å². The third-order valence-electron chi connectivity index (χ3n) is 3.63. The minimum absolute atomic E-state index is 0.246. The van der Waals surface area contributed by atoms with Gasteiger partial charge >= 0.3 is 12.3 Å². The summed E-state index contributed by atoms with van der Waals surface area (Å²) in [7, 11) is 0. The van der Waals surface area contributed by atoms with Crippen molar-refractivity contribution in [2.45, 2.75) is 13.3 Å². The van der Waals surface area contributed by atoms with Crippen LogP contribution in [-0.4, -0.2) is 28.7 Å². The third-order valence-corrected chi connectivity index (χ3v) is 3.63. The molecule has 0 aliphatic carbocycles. The Labute approximate surface area is 152 Å². The highest BCUT2D eigenvalue weighted by Gasteiger charge is 2.32. The van der Waals surface area contributed by atoms with E-state index in [4.69, 9.17) is 4.74 Å². The molecule has 0 fully saturated rings. The van der Waals surface area contributed by atoms with E-state index in [9.17, 15) is 18.0 Å². The quantitative estimate of drug-likeness (QED) is 0.610. The Kier molecular flexibility index (Phi) is 5.16. The largest absolute Gasteiger partial charge is 0.573 e. The Balaban J connectivity index is 1.95. The predicted molar refractivity (Wildman–Crippen MR) is 91.6 cm³/mol. The molecule has 0 N–H and O–H groups in total. The van der Waals surface area contributed by atoms with E-state index >= 15 is 0 Å². The molecule has 2 aromatic carbocycles. The van der Waals surface area contributed by atoms with Crippen molar-refractivity contribution >= 4 is 5.97 Å². The first-order chi connectivity index (χ1) is 12.9. The fourth-order valence-electron chi connectivity index (χ4n) is 2.52. The van der Waals surface area contributed by atoms with Gasteiger partial charge in [0.15, 0.2) is 0 Å². The lowest BCUT2D eigenvalue weighted by Gasteiger charge is -2.14. The van der Waals surface area contributed by atoms with Crippen molar-refractivity contribution < 1.29 is 27.4 Å². The van der Waals surface area contributed by atoms with Gasteiger partial charge in [0.1, 0.15) is 5.75 Å². The maximum absolute atomic E-state index is 12.6. The molecule has 3 rings (SSSR count). The molecule has 0 radical (unpaired) electrons. The van der Waals surface area contributed by atoms with Crippen LogP contribution in [0.4, 0.5) is 13.2 Å². The number of hydrogen-bond acceptors (Lipinski definition) is 4. The van der Waals surface area contributed by atoms with E-state index in [1.54, 1.807) is 37.3 Å². The molecule has 0 saturated heterocycles. The van der Waals surface area contributed by atoms with Crippen molar-refractivity contribution in [3.05, 3.63) is 66.5 Å². The minimum atomic E-state index is -4.79. The molecule has 1 heterocycles. The highest BCUT2D eigenvalue weighted by molar-refractivity contribution is 5.88. The molecule has 0 amide bonds. The van der Waals surface area contributed by atoms with E-state index in [0.29, 0.717) is 11.3 Å². The van der Waals surface area contributed by atoms with Gasteiger partial charge in [0, 0.05) is 11.8 Å². The monoisotopic (exact) mass is 376 g/mol. The Hall–Kier alpha value is -3.29. The lowest BCUT2D eigenvalue weighted by molar-refractivity contribution is -0.274. The van der Waals surface area contributed by atoms with E-state index < -0.39 is 12.3 Å². The van der Waals surface area contributed by atoms with Gasteiger partial charge in [-0.3, -0.25) is 0 Å². The number of para-hydroxylation sites is 1. The molecule has 1 aromatic heterocycles. The van der Waals surface area contributed by atoms with Gasteiger partial charge in [0.2, 0.25) is 0 Å².